The minimum Gasteiger partial charge on any atom is -0.0837 e. The Labute approximate surface area is 109 Å². The van der Waals surface area contributed by atoms with Crippen molar-refractivity contribution in [2.45, 2.75) is 11.8 Å². The van der Waals surface area contributed by atoms with Crippen LogP contribution in [0.25, 0.3) is 0 Å². The van der Waals surface area contributed by atoms with Crippen molar-refractivity contribution in [3.8, 4) is 0 Å². The average molecular weight is 296 g/mol. The number of hydrogen-bond acceptors (Lipinski definition) is 0. The first-order chi connectivity index (χ1) is 7.70. The molecule has 0 aliphatic carbocycles. The van der Waals surface area contributed by atoms with E-state index in [9.17, 15) is 0 Å². The second-order valence-corrected chi connectivity index (χ2v) is 5.04. The topological polar surface area (TPSA) is 0 Å². The molecule has 82 valence electrons. The monoisotopic (exact) mass is 294 g/mol. The van der Waals surface area contributed by atoms with Gasteiger partial charge in [-0.25, -0.2) is 0 Å². The number of benzene rings is 2. The van der Waals surface area contributed by atoms with Crippen LogP contribution in [0.1, 0.15) is 21.5 Å². The van der Waals surface area contributed by atoms with Gasteiger partial charge in [-0.2, -0.15) is 0 Å². The predicted molar refractivity (Wildman–Crippen MR) is 73.4 cm³/mol. The van der Waals surface area contributed by atoms with E-state index in [2.05, 4.69) is 34.1 Å². The van der Waals surface area contributed by atoms with E-state index in [0.717, 1.165) is 16.1 Å². The molecule has 1 atom stereocenters. The van der Waals surface area contributed by atoms with Crippen molar-refractivity contribution in [1.82, 2.24) is 0 Å². The lowest BCUT2D eigenvalue weighted by Gasteiger charge is -2.13. The van der Waals surface area contributed by atoms with E-state index in [4.69, 9.17) is 11.6 Å². The van der Waals surface area contributed by atoms with Crippen molar-refractivity contribution in [2.75, 3.05) is 0 Å². The molecule has 0 aromatic heterocycles. The van der Waals surface area contributed by atoms with Crippen LogP contribution in [0.15, 0.2) is 48.5 Å². The number of aryl methyl sites for hydroxylation is 1. The highest BCUT2D eigenvalue weighted by atomic mass is 79.9. The maximum Gasteiger partial charge on any atom is 0.0659 e. The zero-order valence-electron chi connectivity index (χ0n) is 8.95. The van der Waals surface area contributed by atoms with Gasteiger partial charge in [-0.3, -0.25) is 0 Å². The molecule has 2 aromatic rings. The van der Waals surface area contributed by atoms with Crippen LogP contribution in [0.5, 0.6) is 0 Å². The number of halogens is 2. The quantitative estimate of drug-likeness (QED) is 0.674. The summed E-state index contributed by atoms with van der Waals surface area (Å²) in [5.74, 6) is 0. The van der Waals surface area contributed by atoms with Gasteiger partial charge < -0.3 is 0 Å². The van der Waals surface area contributed by atoms with Crippen LogP contribution in [0.3, 0.4) is 0 Å². The van der Waals surface area contributed by atoms with E-state index in [-0.39, 0.29) is 4.83 Å². The zero-order valence-corrected chi connectivity index (χ0v) is 11.3. The van der Waals surface area contributed by atoms with E-state index in [1.807, 2.05) is 37.3 Å². The van der Waals surface area contributed by atoms with Gasteiger partial charge in [0.1, 0.15) is 0 Å². The van der Waals surface area contributed by atoms with Crippen molar-refractivity contribution in [3.63, 3.8) is 0 Å². The summed E-state index contributed by atoms with van der Waals surface area (Å²) in [4.78, 5) is 0.154. The molecule has 0 saturated carbocycles. The first kappa shape index (κ1) is 11.7. The Kier molecular flexibility index (Phi) is 3.67. The Morgan fingerprint density at radius 2 is 1.69 bits per heavy atom. The molecule has 0 aliphatic heterocycles. The van der Waals surface area contributed by atoms with Crippen molar-refractivity contribution in [2.24, 2.45) is 0 Å². The van der Waals surface area contributed by atoms with Crippen molar-refractivity contribution in [1.29, 1.82) is 0 Å². The summed E-state index contributed by atoms with van der Waals surface area (Å²) in [5.41, 5.74) is 3.45. The Morgan fingerprint density at radius 1 is 1.00 bits per heavy atom. The van der Waals surface area contributed by atoms with Crippen LogP contribution in [0.2, 0.25) is 5.02 Å². The minimum atomic E-state index is 0.154. The summed E-state index contributed by atoms with van der Waals surface area (Å²) >= 11 is 10.0. The predicted octanol–water partition coefficient (Wildman–Crippen LogP) is 5.13. The number of rotatable bonds is 2. The van der Waals surface area contributed by atoms with E-state index < -0.39 is 0 Å². The maximum atomic E-state index is 6.31. The lowest BCUT2D eigenvalue weighted by atomic mass is 10.0. The molecule has 0 spiro atoms. The Hall–Kier alpha value is -0.790. The smallest absolute Gasteiger partial charge is 0.0659 e. The molecule has 2 heteroatoms. The fourth-order valence-electron chi connectivity index (χ4n) is 1.67. The molecule has 1 unspecified atom stereocenters. The highest BCUT2D eigenvalue weighted by Gasteiger charge is 2.13. The third kappa shape index (κ3) is 2.31. The Balaban J connectivity index is 2.42. The lowest BCUT2D eigenvalue weighted by molar-refractivity contribution is 1.17. The third-order valence-corrected chi connectivity index (χ3v) is 4.13. The molecule has 2 aromatic carbocycles. The van der Waals surface area contributed by atoms with Crippen molar-refractivity contribution >= 4 is 27.5 Å². The van der Waals surface area contributed by atoms with Crippen LogP contribution in [-0.2, 0) is 0 Å². The third-order valence-electron chi connectivity index (χ3n) is 2.59. The van der Waals surface area contributed by atoms with Gasteiger partial charge in [0.25, 0.3) is 0 Å². The second kappa shape index (κ2) is 5.03. The minimum absolute atomic E-state index is 0.154. The van der Waals surface area contributed by atoms with Crippen LogP contribution < -0.4 is 0 Å². The summed E-state index contributed by atoms with van der Waals surface area (Å²) in [6.45, 7) is 2.02. The molecular weight excluding hydrogens is 284 g/mol. The molecule has 0 N–H and O–H groups in total. The molecule has 0 radical (unpaired) electrons. The van der Waals surface area contributed by atoms with Crippen LogP contribution in [0.4, 0.5) is 0 Å². The number of hydrogen-bond donors (Lipinski definition) is 0. The zero-order chi connectivity index (χ0) is 11.5. The summed E-state index contributed by atoms with van der Waals surface area (Å²) in [5, 5.41) is 0.841. The van der Waals surface area contributed by atoms with Gasteiger partial charge in [0.05, 0.1) is 4.83 Å². The number of alkyl halides is 1. The summed E-state index contributed by atoms with van der Waals surface area (Å²) in [6, 6.07) is 16.4. The summed E-state index contributed by atoms with van der Waals surface area (Å²) < 4.78 is 0. The molecule has 16 heavy (non-hydrogen) atoms. The van der Waals surface area contributed by atoms with Gasteiger partial charge in [-0.1, -0.05) is 76.1 Å². The fourth-order valence-corrected chi connectivity index (χ4v) is 2.72. The largest absolute Gasteiger partial charge is 0.0837 e. The lowest BCUT2D eigenvalue weighted by Crippen LogP contribution is -1.94. The first-order valence-electron chi connectivity index (χ1n) is 5.14. The second-order valence-electron chi connectivity index (χ2n) is 3.75. The highest BCUT2D eigenvalue weighted by Crippen LogP contribution is 2.36. The molecule has 0 nitrogen and oxygen atoms in total. The average Bonchev–Trinajstić information content (AvgIpc) is 2.33. The van der Waals surface area contributed by atoms with Gasteiger partial charge >= 0.3 is 0 Å². The van der Waals surface area contributed by atoms with Gasteiger partial charge in [-0.05, 0) is 23.6 Å². The van der Waals surface area contributed by atoms with Crippen LogP contribution in [-0.4, -0.2) is 0 Å². The van der Waals surface area contributed by atoms with E-state index >= 15 is 0 Å². The Bertz CT molecular complexity index is 479. The van der Waals surface area contributed by atoms with Crippen LogP contribution >= 0.6 is 27.5 Å². The van der Waals surface area contributed by atoms with E-state index in [1.54, 1.807) is 0 Å². The molecule has 0 heterocycles. The van der Waals surface area contributed by atoms with Gasteiger partial charge in [-0.15, -0.1) is 0 Å². The Morgan fingerprint density at radius 3 is 2.38 bits per heavy atom. The SMILES string of the molecule is Cc1cccc(C(Br)c2ccccc2)c1Cl. The van der Waals surface area contributed by atoms with Gasteiger partial charge in [0.2, 0.25) is 0 Å². The molecule has 2 rings (SSSR count). The standard InChI is InChI=1S/C14H12BrCl/c1-10-6-5-9-12(14(10)16)13(15)11-7-3-2-4-8-11/h2-9,13H,1H3. The fraction of sp³-hybridized carbons (Fsp3) is 0.143. The summed E-state index contributed by atoms with van der Waals surface area (Å²) in [6.07, 6.45) is 0. The molecule has 0 amide bonds. The summed E-state index contributed by atoms with van der Waals surface area (Å²) in [7, 11) is 0. The molecule has 0 fully saturated rings. The van der Waals surface area contributed by atoms with Gasteiger partial charge in [0, 0.05) is 5.02 Å². The van der Waals surface area contributed by atoms with E-state index in [1.165, 1.54) is 5.56 Å². The first-order valence-corrected chi connectivity index (χ1v) is 6.43. The van der Waals surface area contributed by atoms with E-state index in [0.29, 0.717) is 0 Å². The van der Waals surface area contributed by atoms with Gasteiger partial charge in [0.15, 0.2) is 0 Å². The van der Waals surface area contributed by atoms with Crippen molar-refractivity contribution < 1.29 is 0 Å². The van der Waals surface area contributed by atoms with Crippen molar-refractivity contribution in [3.05, 3.63) is 70.2 Å². The van der Waals surface area contributed by atoms with Crippen LogP contribution in [0, 0.1) is 6.92 Å². The molecule has 0 aliphatic rings. The maximum absolute atomic E-state index is 6.31. The normalized spacial score (nSPS) is 12.4. The highest BCUT2D eigenvalue weighted by molar-refractivity contribution is 9.09. The molecular formula is C14H12BrCl. The molecule has 0 bridgehead atoms. The molecule has 0 saturated heterocycles.